The molecule has 0 spiro atoms. The standard InChI is InChI=1S/C16H19NO3S/c18-13(11-19-12-14-4-3-8-20-14)10-17-7-9-21-16-6-2-1-5-15(16)17/h1-6,8,13,18H,7,9-12H2. The molecule has 112 valence electrons. The second kappa shape index (κ2) is 7.02. The Morgan fingerprint density at radius 1 is 1.29 bits per heavy atom. The molecule has 1 aliphatic rings. The summed E-state index contributed by atoms with van der Waals surface area (Å²) in [6.45, 7) is 2.26. The van der Waals surface area contributed by atoms with Gasteiger partial charge in [-0.15, -0.1) is 11.8 Å². The van der Waals surface area contributed by atoms with Gasteiger partial charge in [-0.1, -0.05) is 12.1 Å². The van der Waals surface area contributed by atoms with Gasteiger partial charge < -0.3 is 19.2 Å². The van der Waals surface area contributed by atoms with Gasteiger partial charge in [0.2, 0.25) is 0 Å². The molecule has 1 N–H and O–H groups in total. The Bertz CT molecular complexity index is 558. The number of hydrogen-bond donors (Lipinski definition) is 1. The predicted octanol–water partition coefficient (Wildman–Crippen LogP) is 2.77. The molecule has 5 heteroatoms. The molecule has 1 unspecified atom stereocenters. The van der Waals surface area contributed by atoms with Crippen molar-refractivity contribution in [1.82, 2.24) is 0 Å². The zero-order valence-corrected chi connectivity index (χ0v) is 12.6. The number of benzene rings is 1. The van der Waals surface area contributed by atoms with Crippen molar-refractivity contribution < 1.29 is 14.3 Å². The summed E-state index contributed by atoms with van der Waals surface area (Å²) in [5.41, 5.74) is 1.21. The average Bonchev–Trinajstić information content (AvgIpc) is 3.01. The molecule has 2 aromatic rings. The van der Waals surface area contributed by atoms with Crippen LogP contribution in [0.3, 0.4) is 0 Å². The van der Waals surface area contributed by atoms with E-state index in [1.807, 2.05) is 30.0 Å². The number of aliphatic hydroxyl groups excluding tert-OH is 1. The van der Waals surface area contributed by atoms with Crippen molar-refractivity contribution in [3.8, 4) is 0 Å². The van der Waals surface area contributed by atoms with Gasteiger partial charge in [0.1, 0.15) is 12.4 Å². The Labute approximate surface area is 128 Å². The number of nitrogens with zero attached hydrogens (tertiary/aromatic N) is 1. The maximum atomic E-state index is 10.2. The highest BCUT2D eigenvalue weighted by atomic mass is 32.2. The van der Waals surface area contributed by atoms with Gasteiger partial charge in [-0.2, -0.15) is 0 Å². The Kier molecular flexibility index (Phi) is 4.85. The first kappa shape index (κ1) is 14.5. The van der Waals surface area contributed by atoms with Crippen LogP contribution in [0.15, 0.2) is 52.0 Å². The molecular weight excluding hydrogens is 286 g/mol. The number of rotatable bonds is 6. The molecule has 0 radical (unpaired) electrons. The Hall–Kier alpha value is -1.43. The molecule has 0 saturated heterocycles. The van der Waals surface area contributed by atoms with E-state index >= 15 is 0 Å². The molecule has 2 heterocycles. The summed E-state index contributed by atoms with van der Waals surface area (Å²) in [6, 6.07) is 12.0. The topological polar surface area (TPSA) is 45.8 Å². The first-order chi connectivity index (χ1) is 10.3. The van der Waals surface area contributed by atoms with Crippen LogP contribution < -0.4 is 4.90 Å². The van der Waals surface area contributed by atoms with Gasteiger partial charge in [0.25, 0.3) is 0 Å². The number of fused-ring (bicyclic) bond motifs is 1. The molecule has 4 nitrogen and oxygen atoms in total. The van der Waals surface area contributed by atoms with Crippen molar-refractivity contribution in [3.05, 3.63) is 48.4 Å². The van der Waals surface area contributed by atoms with Crippen molar-refractivity contribution in [3.63, 3.8) is 0 Å². The van der Waals surface area contributed by atoms with Crippen molar-refractivity contribution in [2.45, 2.75) is 17.6 Å². The van der Waals surface area contributed by atoms with E-state index in [4.69, 9.17) is 9.15 Å². The van der Waals surface area contributed by atoms with Crippen molar-refractivity contribution in [2.75, 3.05) is 30.3 Å². The lowest BCUT2D eigenvalue weighted by Gasteiger charge is -2.32. The molecule has 0 amide bonds. The number of β-amino-alcohol motifs (C(OH)–C–C–N with tert-alkyl or cyclic N) is 1. The number of ether oxygens (including phenoxy) is 1. The summed E-state index contributed by atoms with van der Waals surface area (Å²) in [6.07, 6.45) is 1.12. The predicted molar refractivity (Wildman–Crippen MR) is 83.7 cm³/mol. The normalized spacial score (nSPS) is 15.8. The zero-order chi connectivity index (χ0) is 14.5. The minimum Gasteiger partial charge on any atom is -0.467 e. The average molecular weight is 305 g/mol. The number of aliphatic hydroxyl groups is 1. The zero-order valence-electron chi connectivity index (χ0n) is 11.8. The smallest absolute Gasteiger partial charge is 0.129 e. The quantitative estimate of drug-likeness (QED) is 0.889. The van der Waals surface area contributed by atoms with Crippen LogP contribution >= 0.6 is 11.8 Å². The van der Waals surface area contributed by atoms with Crippen LogP contribution in [-0.4, -0.2) is 36.7 Å². The van der Waals surface area contributed by atoms with E-state index in [9.17, 15) is 5.11 Å². The molecule has 1 atom stereocenters. The van der Waals surface area contributed by atoms with Crippen LogP contribution in [-0.2, 0) is 11.3 Å². The molecular formula is C16H19NO3S. The maximum Gasteiger partial charge on any atom is 0.129 e. The van der Waals surface area contributed by atoms with E-state index in [1.54, 1.807) is 6.26 Å². The summed E-state index contributed by atoms with van der Waals surface area (Å²) >= 11 is 1.87. The molecule has 0 bridgehead atoms. The van der Waals surface area contributed by atoms with Crippen LogP contribution in [0.2, 0.25) is 0 Å². The minimum atomic E-state index is -0.504. The number of furan rings is 1. The van der Waals surface area contributed by atoms with Crippen LogP contribution in [0.25, 0.3) is 0 Å². The maximum absolute atomic E-state index is 10.2. The molecule has 0 saturated carbocycles. The van der Waals surface area contributed by atoms with E-state index in [0.717, 1.165) is 18.1 Å². The number of para-hydroxylation sites is 1. The lowest BCUT2D eigenvalue weighted by molar-refractivity contribution is 0.0256. The second-order valence-electron chi connectivity index (χ2n) is 5.01. The molecule has 1 aliphatic heterocycles. The van der Waals surface area contributed by atoms with E-state index in [-0.39, 0.29) is 0 Å². The fourth-order valence-corrected chi connectivity index (χ4v) is 3.47. The van der Waals surface area contributed by atoms with Gasteiger partial charge in [-0.3, -0.25) is 0 Å². The van der Waals surface area contributed by atoms with Crippen LogP contribution in [0, 0.1) is 0 Å². The molecule has 3 rings (SSSR count). The van der Waals surface area contributed by atoms with Crippen LogP contribution in [0.1, 0.15) is 5.76 Å². The molecule has 1 aromatic carbocycles. The van der Waals surface area contributed by atoms with Gasteiger partial charge in [-0.25, -0.2) is 0 Å². The highest BCUT2D eigenvalue weighted by molar-refractivity contribution is 7.99. The summed E-state index contributed by atoms with van der Waals surface area (Å²) in [5.74, 6) is 1.83. The fraction of sp³-hybridized carbons (Fsp3) is 0.375. The van der Waals surface area contributed by atoms with Gasteiger partial charge in [0.05, 0.1) is 24.7 Å². The van der Waals surface area contributed by atoms with E-state index < -0.39 is 6.10 Å². The summed E-state index contributed by atoms with van der Waals surface area (Å²) in [4.78, 5) is 3.51. The highest BCUT2D eigenvalue weighted by Crippen LogP contribution is 2.34. The first-order valence-electron chi connectivity index (χ1n) is 7.08. The second-order valence-corrected chi connectivity index (χ2v) is 6.15. The third-order valence-corrected chi connectivity index (χ3v) is 4.43. The largest absolute Gasteiger partial charge is 0.467 e. The Morgan fingerprint density at radius 2 is 2.19 bits per heavy atom. The first-order valence-corrected chi connectivity index (χ1v) is 8.06. The lowest BCUT2D eigenvalue weighted by Crippen LogP contribution is -2.38. The number of anilines is 1. The van der Waals surface area contributed by atoms with E-state index in [0.29, 0.717) is 19.8 Å². The Balaban J connectivity index is 1.50. The molecule has 21 heavy (non-hydrogen) atoms. The van der Waals surface area contributed by atoms with Crippen molar-refractivity contribution in [2.24, 2.45) is 0 Å². The van der Waals surface area contributed by atoms with E-state index in [1.165, 1.54) is 10.6 Å². The fourth-order valence-electron chi connectivity index (χ4n) is 2.41. The third-order valence-electron chi connectivity index (χ3n) is 3.39. The van der Waals surface area contributed by atoms with Crippen molar-refractivity contribution in [1.29, 1.82) is 0 Å². The summed E-state index contributed by atoms with van der Waals surface area (Å²) in [7, 11) is 0. The van der Waals surface area contributed by atoms with Gasteiger partial charge in [0.15, 0.2) is 0 Å². The minimum absolute atomic E-state index is 0.312. The SMILES string of the molecule is OC(COCc1ccco1)CN1CCSc2ccccc21. The highest BCUT2D eigenvalue weighted by Gasteiger charge is 2.19. The lowest BCUT2D eigenvalue weighted by atomic mass is 10.2. The molecule has 0 fully saturated rings. The summed E-state index contributed by atoms with van der Waals surface area (Å²) < 4.78 is 10.7. The van der Waals surface area contributed by atoms with Crippen LogP contribution in [0.5, 0.6) is 0 Å². The van der Waals surface area contributed by atoms with Gasteiger partial charge >= 0.3 is 0 Å². The summed E-state index contributed by atoms with van der Waals surface area (Å²) in [5, 5.41) is 10.2. The third kappa shape index (κ3) is 3.81. The molecule has 0 aliphatic carbocycles. The Morgan fingerprint density at radius 3 is 3.05 bits per heavy atom. The monoisotopic (exact) mass is 305 g/mol. The van der Waals surface area contributed by atoms with Crippen molar-refractivity contribution >= 4 is 17.4 Å². The number of hydrogen-bond acceptors (Lipinski definition) is 5. The van der Waals surface area contributed by atoms with Gasteiger partial charge in [-0.05, 0) is 24.3 Å². The van der Waals surface area contributed by atoms with Crippen LogP contribution in [0.4, 0.5) is 5.69 Å². The van der Waals surface area contributed by atoms with E-state index in [2.05, 4.69) is 23.1 Å². The number of thioether (sulfide) groups is 1. The van der Waals surface area contributed by atoms with Gasteiger partial charge in [0, 0.05) is 23.7 Å². The molecule has 1 aromatic heterocycles.